The second-order valence-electron chi connectivity index (χ2n) is 4.22. The van der Waals surface area contributed by atoms with Crippen molar-refractivity contribution in [3.05, 3.63) is 0 Å². The Hall–Kier alpha value is -1.44. The lowest BCUT2D eigenvalue weighted by Crippen LogP contribution is -2.50. The van der Waals surface area contributed by atoms with E-state index in [1.807, 2.05) is 13.2 Å². The highest BCUT2D eigenvalue weighted by atomic mass is 32.2. The molecule has 0 radical (unpaired) electrons. The molecule has 7 nitrogen and oxygen atoms in total. The number of hydrogen-bond acceptors (Lipinski definition) is 4. The molecule has 0 aromatic heterocycles. The molecule has 0 aliphatic heterocycles. The molecule has 3 amide bonds. The summed E-state index contributed by atoms with van der Waals surface area (Å²) in [6.07, 6.45) is 2.91. The summed E-state index contributed by atoms with van der Waals surface area (Å²) in [4.78, 5) is 35.8. The zero-order valence-corrected chi connectivity index (χ0v) is 13.0. The molecule has 0 aliphatic carbocycles. The van der Waals surface area contributed by atoms with Gasteiger partial charge in [0.15, 0.2) is 0 Å². The molecule has 8 heteroatoms. The van der Waals surface area contributed by atoms with Crippen molar-refractivity contribution in [2.24, 2.45) is 0 Å². The van der Waals surface area contributed by atoms with Crippen LogP contribution in [0.5, 0.6) is 0 Å². The third-order valence-electron chi connectivity index (χ3n) is 2.60. The van der Waals surface area contributed by atoms with Crippen LogP contribution in [0, 0.1) is 0 Å². The molecule has 0 aromatic carbocycles. The first-order chi connectivity index (χ1) is 9.46. The van der Waals surface area contributed by atoms with Gasteiger partial charge >= 0.3 is 12.0 Å². The van der Waals surface area contributed by atoms with Crippen molar-refractivity contribution in [2.75, 3.05) is 32.1 Å². The van der Waals surface area contributed by atoms with Crippen LogP contribution < -0.4 is 10.6 Å². The van der Waals surface area contributed by atoms with Crippen LogP contribution in [0.1, 0.15) is 19.8 Å². The van der Waals surface area contributed by atoms with Crippen LogP contribution in [0.25, 0.3) is 0 Å². The van der Waals surface area contributed by atoms with Gasteiger partial charge in [0, 0.05) is 13.6 Å². The van der Waals surface area contributed by atoms with Gasteiger partial charge in [-0.15, -0.1) is 0 Å². The summed E-state index contributed by atoms with van der Waals surface area (Å²) in [5, 5.41) is 14.0. The topological polar surface area (TPSA) is 98.7 Å². The minimum atomic E-state index is -1.07. The first-order valence-corrected chi connectivity index (χ1v) is 7.83. The van der Waals surface area contributed by atoms with E-state index >= 15 is 0 Å². The van der Waals surface area contributed by atoms with E-state index in [4.69, 9.17) is 5.11 Å². The van der Waals surface area contributed by atoms with Crippen molar-refractivity contribution < 1.29 is 19.5 Å². The maximum absolute atomic E-state index is 12.0. The number of carbonyl (C=O) groups excluding carboxylic acids is 2. The number of urea groups is 1. The summed E-state index contributed by atoms with van der Waals surface area (Å²) in [5.74, 6) is -0.714. The van der Waals surface area contributed by atoms with Crippen molar-refractivity contribution in [1.82, 2.24) is 15.5 Å². The van der Waals surface area contributed by atoms with Gasteiger partial charge in [-0.2, -0.15) is 11.8 Å². The average Bonchev–Trinajstić information content (AvgIpc) is 2.42. The van der Waals surface area contributed by atoms with E-state index in [1.54, 1.807) is 0 Å². The molecule has 0 saturated carbocycles. The molecule has 0 unspecified atom stereocenters. The minimum absolute atomic E-state index is 0.0783. The SMILES string of the molecule is CCCN(CC(=O)NC)C(=O)N[C@@H](CCSC)C(=O)O. The highest BCUT2D eigenvalue weighted by Crippen LogP contribution is 2.02. The molecule has 0 bridgehead atoms. The lowest BCUT2D eigenvalue weighted by molar-refractivity contribution is -0.139. The highest BCUT2D eigenvalue weighted by Gasteiger charge is 2.23. The summed E-state index contributed by atoms with van der Waals surface area (Å²) in [6, 6.07) is -1.46. The van der Waals surface area contributed by atoms with Crippen LogP contribution in [-0.2, 0) is 9.59 Å². The average molecular weight is 305 g/mol. The number of carbonyl (C=O) groups is 3. The monoisotopic (exact) mass is 305 g/mol. The lowest BCUT2D eigenvalue weighted by Gasteiger charge is -2.24. The molecule has 0 aromatic rings. The van der Waals surface area contributed by atoms with Gasteiger partial charge in [-0.05, 0) is 24.9 Å². The fraction of sp³-hybridized carbons (Fsp3) is 0.750. The van der Waals surface area contributed by atoms with Gasteiger partial charge in [0.2, 0.25) is 5.91 Å². The van der Waals surface area contributed by atoms with E-state index in [0.717, 1.165) is 0 Å². The maximum Gasteiger partial charge on any atom is 0.326 e. The molecule has 1 atom stereocenters. The van der Waals surface area contributed by atoms with Crippen molar-refractivity contribution in [2.45, 2.75) is 25.8 Å². The quantitative estimate of drug-likeness (QED) is 0.571. The van der Waals surface area contributed by atoms with Crippen LogP contribution in [0.4, 0.5) is 4.79 Å². The number of aliphatic carboxylic acids is 1. The van der Waals surface area contributed by atoms with E-state index in [9.17, 15) is 14.4 Å². The molecule has 0 heterocycles. The van der Waals surface area contributed by atoms with Gasteiger partial charge in [-0.3, -0.25) is 4.79 Å². The zero-order valence-electron chi connectivity index (χ0n) is 12.1. The summed E-state index contributed by atoms with van der Waals surface area (Å²) < 4.78 is 0. The summed E-state index contributed by atoms with van der Waals surface area (Å²) in [6.45, 7) is 2.20. The van der Waals surface area contributed by atoms with E-state index < -0.39 is 18.0 Å². The Morgan fingerprint density at radius 1 is 1.35 bits per heavy atom. The smallest absolute Gasteiger partial charge is 0.326 e. The van der Waals surface area contributed by atoms with E-state index in [-0.39, 0.29) is 12.5 Å². The second kappa shape index (κ2) is 10.4. The number of likely N-dealkylation sites (N-methyl/N-ethyl adjacent to an activating group) is 1. The minimum Gasteiger partial charge on any atom is -0.480 e. The molecule has 0 fully saturated rings. The fourth-order valence-electron chi connectivity index (χ4n) is 1.51. The third kappa shape index (κ3) is 7.22. The van der Waals surface area contributed by atoms with Crippen molar-refractivity contribution >= 4 is 29.7 Å². The fourth-order valence-corrected chi connectivity index (χ4v) is 1.98. The number of nitrogens with zero attached hydrogens (tertiary/aromatic N) is 1. The number of rotatable bonds is 9. The van der Waals surface area contributed by atoms with E-state index in [0.29, 0.717) is 25.1 Å². The number of amides is 3. The number of thioether (sulfide) groups is 1. The number of hydrogen-bond donors (Lipinski definition) is 3. The Bertz CT molecular complexity index is 339. The molecular weight excluding hydrogens is 282 g/mol. The van der Waals surface area contributed by atoms with Crippen LogP contribution in [0.3, 0.4) is 0 Å². The molecule has 0 spiro atoms. The van der Waals surface area contributed by atoms with Gasteiger partial charge in [-0.1, -0.05) is 6.92 Å². The Labute approximate surface area is 123 Å². The van der Waals surface area contributed by atoms with E-state index in [1.165, 1.54) is 23.7 Å². The standard InChI is InChI=1S/C12H23N3O4S/c1-4-6-15(8-10(16)13-2)12(19)14-9(11(17)18)5-7-20-3/h9H,4-8H2,1-3H3,(H,13,16)(H,14,19)(H,17,18)/t9-/m0/s1. The van der Waals surface area contributed by atoms with E-state index in [2.05, 4.69) is 10.6 Å². The Morgan fingerprint density at radius 2 is 2.00 bits per heavy atom. The molecule has 20 heavy (non-hydrogen) atoms. The summed E-state index contributed by atoms with van der Waals surface area (Å²) in [5.41, 5.74) is 0. The van der Waals surface area contributed by atoms with Crippen LogP contribution >= 0.6 is 11.8 Å². The third-order valence-corrected chi connectivity index (χ3v) is 3.24. The predicted octanol–water partition coefficient (Wildman–Crippen LogP) is 0.360. The van der Waals surface area contributed by atoms with Gasteiger partial charge < -0.3 is 20.6 Å². The van der Waals surface area contributed by atoms with Crippen molar-refractivity contribution in [3.63, 3.8) is 0 Å². The zero-order chi connectivity index (χ0) is 15.5. The van der Waals surface area contributed by atoms with Crippen LogP contribution in [-0.4, -0.2) is 66.1 Å². The molecule has 116 valence electrons. The van der Waals surface area contributed by atoms with Gasteiger partial charge in [-0.25, -0.2) is 9.59 Å². The van der Waals surface area contributed by atoms with Crippen molar-refractivity contribution in [1.29, 1.82) is 0 Å². The van der Waals surface area contributed by atoms with Gasteiger partial charge in [0.25, 0.3) is 0 Å². The predicted molar refractivity (Wildman–Crippen MR) is 78.9 cm³/mol. The summed E-state index contributed by atoms with van der Waals surface area (Å²) >= 11 is 1.52. The summed E-state index contributed by atoms with van der Waals surface area (Å²) in [7, 11) is 1.49. The Kier molecular flexibility index (Phi) is 9.61. The Balaban J connectivity index is 4.61. The highest BCUT2D eigenvalue weighted by molar-refractivity contribution is 7.98. The number of nitrogens with one attached hydrogen (secondary N) is 2. The normalized spacial score (nSPS) is 11.6. The molecule has 0 aliphatic rings. The molecule has 0 rings (SSSR count). The van der Waals surface area contributed by atoms with Crippen LogP contribution in [0.2, 0.25) is 0 Å². The lowest BCUT2D eigenvalue weighted by atomic mass is 10.2. The van der Waals surface area contributed by atoms with Gasteiger partial charge in [0.1, 0.15) is 12.6 Å². The van der Waals surface area contributed by atoms with Gasteiger partial charge in [0.05, 0.1) is 0 Å². The Morgan fingerprint density at radius 3 is 2.45 bits per heavy atom. The molecule has 0 saturated heterocycles. The first-order valence-electron chi connectivity index (χ1n) is 6.44. The number of carboxylic acids is 1. The number of carboxylic acid groups (broad SMARTS) is 1. The first kappa shape index (κ1) is 18.6. The van der Waals surface area contributed by atoms with Crippen LogP contribution in [0.15, 0.2) is 0 Å². The second-order valence-corrected chi connectivity index (χ2v) is 5.20. The van der Waals surface area contributed by atoms with Crippen molar-refractivity contribution in [3.8, 4) is 0 Å². The molecule has 3 N–H and O–H groups in total. The molecular formula is C12H23N3O4S. The largest absolute Gasteiger partial charge is 0.480 e. The maximum atomic E-state index is 12.0.